The number of nitrogens with two attached hydrogens (primary N) is 1. The Hall–Kier alpha value is -0.920. The molecule has 17 heavy (non-hydrogen) atoms. The molecule has 0 aliphatic heterocycles. The zero-order valence-electron chi connectivity index (χ0n) is 9.13. The summed E-state index contributed by atoms with van der Waals surface area (Å²) in [6.45, 7) is 0. The maximum absolute atomic E-state index is 12.0. The first-order valence-corrected chi connectivity index (χ1v) is 7.72. The van der Waals surface area contributed by atoms with Gasteiger partial charge in [0.05, 0.1) is 5.92 Å². The van der Waals surface area contributed by atoms with E-state index in [0.29, 0.717) is 12.8 Å². The molecule has 3 N–H and O–H groups in total. The Morgan fingerprint density at radius 3 is 2.82 bits per heavy atom. The largest absolute Gasteiger partial charge is 0.369 e. The molecule has 1 aliphatic carbocycles. The number of carbonyl (C=O) groups is 1. The van der Waals surface area contributed by atoms with Gasteiger partial charge in [-0.3, -0.25) is 4.79 Å². The number of primary amides is 1. The average molecular weight is 274 g/mol. The quantitative estimate of drug-likeness (QED) is 0.846. The van der Waals surface area contributed by atoms with Gasteiger partial charge >= 0.3 is 0 Å². The predicted octanol–water partition coefficient (Wildman–Crippen LogP) is 0.680. The van der Waals surface area contributed by atoms with Crippen LogP contribution in [-0.4, -0.2) is 20.4 Å². The van der Waals surface area contributed by atoms with Crippen molar-refractivity contribution >= 4 is 27.3 Å². The Bertz CT molecular complexity index is 496. The molecule has 5 nitrogen and oxygen atoms in total. The highest BCUT2D eigenvalue weighted by atomic mass is 32.2. The Kier molecular flexibility index (Phi) is 3.50. The number of nitrogens with one attached hydrogen (secondary N) is 1. The molecule has 7 heteroatoms. The van der Waals surface area contributed by atoms with E-state index >= 15 is 0 Å². The van der Waals surface area contributed by atoms with E-state index in [1.807, 2.05) is 0 Å². The molecule has 1 saturated carbocycles. The highest BCUT2D eigenvalue weighted by Crippen LogP contribution is 2.27. The number of hydrogen-bond acceptors (Lipinski definition) is 4. The van der Waals surface area contributed by atoms with Crippen LogP contribution in [0.2, 0.25) is 0 Å². The number of hydrogen-bond donors (Lipinski definition) is 2. The molecule has 1 amide bonds. The fraction of sp³-hybridized carbons (Fsp3) is 0.500. The molecule has 1 aliphatic rings. The van der Waals surface area contributed by atoms with E-state index in [0.717, 1.165) is 17.8 Å². The van der Waals surface area contributed by atoms with Gasteiger partial charge in [-0.25, -0.2) is 13.1 Å². The lowest BCUT2D eigenvalue weighted by atomic mass is 10.0. The minimum Gasteiger partial charge on any atom is -0.369 e. The maximum Gasteiger partial charge on any atom is 0.250 e. The van der Waals surface area contributed by atoms with Crippen LogP contribution in [0.15, 0.2) is 21.7 Å². The molecule has 2 atom stereocenters. The van der Waals surface area contributed by atoms with E-state index < -0.39 is 15.9 Å². The lowest BCUT2D eigenvalue weighted by molar-refractivity contribution is -0.122. The lowest BCUT2D eigenvalue weighted by Crippen LogP contribution is -2.42. The van der Waals surface area contributed by atoms with Crippen LogP contribution in [0.3, 0.4) is 0 Å². The summed E-state index contributed by atoms with van der Waals surface area (Å²) < 4.78 is 26.8. The molecule has 1 fully saturated rings. The minimum atomic E-state index is -3.51. The van der Waals surface area contributed by atoms with Crippen molar-refractivity contribution in [3.63, 3.8) is 0 Å². The molecule has 0 saturated heterocycles. The smallest absolute Gasteiger partial charge is 0.250 e. The predicted molar refractivity (Wildman–Crippen MR) is 65.0 cm³/mol. The first kappa shape index (κ1) is 12.5. The van der Waals surface area contributed by atoms with Crippen molar-refractivity contribution in [2.24, 2.45) is 11.7 Å². The summed E-state index contributed by atoms with van der Waals surface area (Å²) >= 11 is 1.16. The molecule has 1 heterocycles. The summed E-state index contributed by atoms with van der Waals surface area (Å²) in [6, 6.07) is 2.86. The van der Waals surface area contributed by atoms with Crippen LogP contribution in [0.25, 0.3) is 0 Å². The molecule has 2 rings (SSSR count). The van der Waals surface area contributed by atoms with Crippen LogP contribution in [0.5, 0.6) is 0 Å². The zero-order chi connectivity index (χ0) is 12.5. The number of carbonyl (C=O) groups excluding carboxylic acids is 1. The molecular formula is C10H14N2O3S2. The van der Waals surface area contributed by atoms with E-state index in [9.17, 15) is 13.2 Å². The molecule has 0 radical (unpaired) electrons. The van der Waals surface area contributed by atoms with Crippen LogP contribution < -0.4 is 10.5 Å². The topological polar surface area (TPSA) is 89.3 Å². The first-order valence-electron chi connectivity index (χ1n) is 5.36. The Morgan fingerprint density at radius 2 is 2.24 bits per heavy atom. The number of rotatable bonds is 4. The van der Waals surface area contributed by atoms with E-state index in [-0.39, 0.29) is 16.2 Å². The van der Waals surface area contributed by atoms with E-state index in [2.05, 4.69) is 4.72 Å². The van der Waals surface area contributed by atoms with Crippen LogP contribution in [0.1, 0.15) is 19.3 Å². The average Bonchev–Trinajstić information content (AvgIpc) is 2.85. The summed E-state index contributed by atoms with van der Waals surface area (Å²) in [5, 5.41) is 1.70. The van der Waals surface area contributed by atoms with Crippen molar-refractivity contribution < 1.29 is 13.2 Å². The van der Waals surface area contributed by atoms with Gasteiger partial charge in [-0.2, -0.15) is 0 Å². The maximum atomic E-state index is 12.0. The zero-order valence-corrected chi connectivity index (χ0v) is 10.8. The highest BCUT2D eigenvalue weighted by molar-refractivity contribution is 7.91. The SMILES string of the molecule is NC(=O)[C@@H]1CCC[C@@H]1NS(=O)(=O)c1cccs1. The standard InChI is InChI=1S/C10H14N2O3S2/c11-10(13)7-3-1-4-8(7)12-17(14,15)9-5-2-6-16-9/h2,5-8,12H,1,3-4H2,(H2,11,13)/t7-,8+/m1/s1. The number of sulfonamides is 1. The molecule has 1 aromatic rings. The third kappa shape index (κ3) is 2.67. The summed E-state index contributed by atoms with van der Waals surface area (Å²) in [6.07, 6.45) is 2.15. The van der Waals surface area contributed by atoms with Crippen molar-refractivity contribution in [2.45, 2.75) is 29.5 Å². The van der Waals surface area contributed by atoms with Gasteiger partial charge in [-0.05, 0) is 24.3 Å². The Balaban J connectivity index is 2.14. The molecular weight excluding hydrogens is 260 g/mol. The minimum absolute atomic E-state index is 0.271. The van der Waals surface area contributed by atoms with Crippen molar-refractivity contribution in [3.05, 3.63) is 17.5 Å². The number of thiophene rings is 1. The Labute approximate surface area is 104 Å². The van der Waals surface area contributed by atoms with E-state index in [4.69, 9.17) is 5.73 Å². The van der Waals surface area contributed by atoms with Gasteiger partial charge in [0, 0.05) is 6.04 Å². The van der Waals surface area contributed by atoms with Gasteiger partial charge in [-0.15, -0.1) is 11.3 Å². The van der Waals surface area contributed by atoms with Crippen molar-refractivity contribution in [2.75, 3.05) is 0 Å². The monoisotopic (exact) mass is 274 g/mol. The summed E-state index contributed by atoms with van der Waals surface area (Å²) in [5.41, 5.74) is 5.25. The van der Waals surface area contributed by atoms with Gasteiger partial charge in [0.15, 0.2) is 0 Å². The third-order valence-corrected chi connectivity index (χ3v) is 5.84. The van der Waals surface area contributed by atoms with E-state index in [1.54, 1.807) is 17.5 Å². The highest BCUT2D eigenvalue weighted by Gasteiger charge is 2.34. The van der Waals surface area contributed by atoms with Gasteiger partial charge in [-0.1, -0.05) is 12.5 Å². The normalized spacial score (nSPS) is 24.9. The van der Waals surface area contributed by atoms with Gasteiger partial charge in [0.1, 0.15) is 4.21 Å². The fourth-order valence-corrected chi connectivity index (χ4v) is 4.44. The second-order valence-corrected chi connectivity index (χ2v) is 6.99. The second-order valence-electron chi connectivity index (χ2n) is 4.10. The molecule has 0 bridgehead atoms. The van der Waals surface area contributed by atoms with Crippen LogP contribution >= 0.6 is 11.3 Å². The summed E-state index contributed by atoms with van der Waals surface area (Å²) in [7, 11) is -3.51. The van der Waals surface area contributed by atoms with Crippen molar-refractivity contribution in [1.82, 2.24) is 4.72 Å². The van der Waals surface area contributed by atoms with Gasteiger partial charge in [0.25, 0.3) is 0 Å². The molecule has 0 unspecified atom stereocenters. The van der Waals surface area contributed by atoms with E-state index in [1.165, 1.54) is 0 Å². The van der Waals surface area contributed by atoms with Crippen molar-refractivity contribution in [1.29, 1.82) is 0 Å². The summed E-state index contributed by atoms with van der Waals surface area (Å²) in [5.74, 6) is -0.814. The first-order chi connectivity index (χ1) is 8.00. The van der Waals surface area contributed by atoms with Crippen molar-refractivity contribution in [3.8, 4) is 0 Å². The second kappa shape index (κ2) is 4.75. The third-order valence-electron chi connectivity index (χ3n) is 2.95. The van der Waals surface area contributed by atoms with Crippen LogP contribution in [0, 0.1) is 5.92 Å². The summed E-state index contributed by atoms with van der Waals surface area (Å²) in [4.78, 5) is 11.2. The fourth-order valence-electron chi connectivity index (χ4n) is 2.12. The van der Waals surface area contributed by atoms with Gasteiger partial charge in [0.2, 0.25) is 15.9 Å². The molecule has 1 aromatic heterocycles. The molecule has 0 spiro atoms. The molecule has 94 valence electrons. The van der Waals surface area contributed by atoms with Gasteiger partial charge < -0.3 is 5.73 Å². The Morgan fingerprint density at radius 1 is 1.47 bits per heavy atom. The number of amides is 1. The molecule has 0 aromatic carbocycles. The lowest BCUT2D eigenvalue weighted by Gasteiger charge is -2.17. The van der Waals surface area contributed by atoms with Crippen LogP contribution in [-0.2, 0) is 14.8 Å². The van der Waals surface area contributed by atoms with Crippen LogP contribution in [0.4, 0.5) is 0 Å².